The van der Waals surface area contributed by atoms with Crippen molar-refractivity contribution in [3.8, 4) is 0 Å². The maximum Gasteiger partial charge on any atom is 0.218 e. The second kappa shape index (κ2) is 3.93. The lowest BCUT2D eigenvalue weighted by Gasteiger charge is -1.99. The minimum atomic E-state index is 0.582. The van der Waals surface area contributed by atoms with Gasteiger partial charge in [-0.2, -0.15) is 0 Å². The number of hydrogen-bond donors (Lipinski definition) is 0. The highest BCUT2D eigenvalue weighted by Crippen LogP contribution is 2.15. The molecule has 0 aliphatic heterocycles. The van der Waals surface area contributed by atoms with E-state index in [-0.39, 0.29) is 0 Å². The smallest absolute Gasteiger partial charge is 0.218 e. The van der Waals surface area contributed by atoms with Gasteiger partial charge in [0.15, 0.2) is 0 Å². The molecule has 0 heterocycles. The number of benzene rings is 2. The van der Waals surface area contributed by atoms with Gasteiger partial charge in [0.25, 0.3) is 0 Å². The topological polar surface area (TPSA) is 4.36 Å². The van der Waals surface area contributed by atoms with E-state index in [1.807, 2.05) is 12.1 Å². The average Bonchev–Trinajstić information content (AvgIpc) is 2.26. The lowest BCUT2D eigenvalue weighted by atomic mass is 10.1. The van der Waals surface area contributed by atoms with Crippen molar-refractivity contribution < 1.29 is 0 Å². The monoisotopic (exact) mass is 181 g/mol. The Morgan fingerprint density at radius 3 is 2.57 bits per heavy atom. The van der Waals surface area contributed by atoms with Crippen molar-refractivity contribution in [1.82, 2.24) is 0 Å². The summed E-state index contributed by atoms with van der Waals surface area (Å²) in [5, 5.41) is 2.52. The molecular weight excluding hydrogens is 170 g/mol. The molecule has 68 valence electrons. The van der Waals surface area contributed by atoms with Gasteiger partial charge in [0, 0.05) is 6.42 Å². The van der Waals surface area contributed by atoms with Gasteiger partial charge in [-0.05, 0) is 16.3 Å². The third-order valence-electron chi connectivity index (χ3n) is 2.33. The molecule has 2 aromatic rings. The van der Waals surface area contributed by atoms with E-state index < -0.39 is 0 Å². The summed E-state index contributed by atoms with van der Waals surface area (Å²) >= 11 is 0. The molecule has 0 amide bonds. The summed E-state index contributed by atoms with van der Waals surface area (Å²) < 4.78 is 0. The van der Waals surface area contributed by atoms with Crippen molar-refractivity contribution in [1.29, 1.82) is 0 Å². The Morgan fingerprint density at radius 1 is 1.00 bits per heavy atom. The van der Waals surface area contributed by atoms with Crippen LogP contribution in [0.5, 0.6) is 0 Å². The van der Waals surface area contributed by atoms with E-state index in [4.69, 9.17) is 6.57 Å². The minimum absolute atomic E-state index is 0.582. The zero-order valence-electron chi connectivity index (χ0n) is 7.90. The highest BCUT2D eigenvalue weighted by atomic mass is 14.6. The van der Waals surface area contributed by atoms with Crippen LogP contribution < -0.4 is 0 Å². The molecule has 0 fully saturated rings. The van der Waals surface area contributed by atoms with Crippen molar-refractivity contribution in [2.24, 2.45) is 0 Å². The molecular formula is C13H11N. The predicted molar refractivity (Wildman–Crippen MR) is 59.1 cm³/mol. The first-order valence-electron chi connectivity index (χ1n) is 4.71. The number of hydrogen-bond acceptors (Lipinski definition) is 0. The van der Waals surface area contributed by atoms with Crippen LogP contribution in [0.25, 0.3) is 15.6 Å². The second-order valence-electron chi connectivity index (χ2n) is 3.31. The van der Waals surface area contributed by atoms with E-state index in [1.54, 1.807) is 0 Å². The lowest BCUT2D eigenvalue weighted by Crippen LogP contribution is -1.87. The van der Waals surface area contributed by atoms with Crippen LogP contribution in [-0.2, 0) is 6.42 Å². The zero-order valence-corrected chi connectivity index (χ0v) is 7.90. The van der Waals surface area contributed by atoms with Crippen molar-refractivity contribution in [3.63, 3.8) is 0 Å². The van der Waals surface area contributed by atoms with Gasteiger partial charge in [0.1, 0.15) is 0 Å². The lowest BCUT2D eigenvalue weighted by molar-refractivity contribution is 1.08. The molecule has 0 aliphatic carbocycles. The largest absolute Gasteiger partial charge is 0.317 e. The summed E-state index contributed by atoms with van der Waals surface area (Å²) in [5.74, 6) is 0. The summed E-state index contributed by atoms with van der Waals surface area (Å²) in [4.78, 5) is 3.36. The van der Waals surface area contributed by atoms with E-state index >= 15 is 0 Å². The first kappa shape index (κ1) is 8.77. The van der Waals surface area contributed by atoms with Gasteiger partial charge in [-0.25, -0.2) is 6.57 Å². The molecule has 2 rings (SSSR count). The Labute approximate surface area is 83.8 Å². The SMILES string of the molecule is [C-]#[N+]CCc1ccc2ccccc2c1. The third-order valence-corrected chi connectivity index (χ3v) is 2.33. The normalized spacial score (nSPS) is 9.93. The van der Waals surface area contributed by atoms with Crippen molar-refractivity contribution in [3.05, 3.63) is 59.4 Å². The summed E-state index contributed by atoms with van der Waals surface area (Å²) in [6.07, 6.45) is 0.855. The van der Waals surface area contributed by atoms with E-state index in [0.29, 0.717) is 6.54 Å². The highest BCUT2D eigenvalue weighted by molar-refractivity contribution is 5.82. The molecule has 1 heteroatoms. The van der Waals surface area contributed by atoms with Crippen LogP contribution in [0.3, 0.4) is 0 Å². The zero-order chi connectivity index (χ0) is 9.80. The van der Waals surface area contributed by atoms with Gasteiger partial charge in [0.05, 0.1) is 0 Å². The Balaban J connectivity index is 2.37. The van der Waals surface area contributed by atoms with Crippen LogP contribution >= 0.6 is 0 Å². The van der Waals surface area contributed by atoms with Gasteiger partial charge >= 0.3 is 0 Å². The Hall–Kier alpha value is -1.81. The second-order valence-corrected chi connectivity index (χ2v) is 3.31. The van der Waals surface area contributed by atoms with Crippen LogP contribution in [0, 0.1) is 6.57 Å². The molecule has 0 atom stereocenters. The first-order chi connectivity index (χ1) is 6.90. The highest BCUT2D eigenvalue weighted by Gasteiger charge is 1.96. The van der Waals surface area contributed by atoms with Crippen molar-refractivity contribution >= 4 is 10.8 Å². The molecule has 2 aromatic carbocycles. The summed E-state index contributed by atoms with van der Waals surface area (Å²) in [7, 11) is 0. The number of rotatable bonds is 2. The molecule has 0 unspecified atom stereocenters. The molecule has 0 spiro atoms. The molecule has 0 aliphatic rings. The molecule has 0 bridgehead atoms. The fraction of sp³-hybridized carbons (Fsp3) is 0.154. The molecule has 0 saturated carbocycles. The van der Waals surface area contributed by atoms with Gasteiger partial charge in [0.2, 0.25) is 6.54 Å². The average molecular weight is 181 g/mol. The van der Waals surface area contributed by atoms with Crippen molar-refractivity contribution in [2.75, 3.05) is 6.54 Å². The Morgan fingerprint density at radius 2 is 1.79 bits per heavy atom. The number of nitrogens with zero attached hydrogens (tertiary/aromatic N) is 1. The molecule has 14 heavy (non-hydrogen) atoms. The molecule has 0 aromatic heterocycles. The maximum atomic E-state index is 6.74. The van der Waals surface area contributed by atoms with E-state index in [2.05, 4.69) is 35.2 Å². The fourth-order valence-corrected chi connectivity index (χ4v) is 1.58. The Kier molecular flexibility index (Phi) is 2.46. The molecule has 0 radical (unpaired) electrons. The van der Waals surface area contributed by atoms with E-state index in [9.17, 15) is 0 Å². The summed E-state index contributed by atoms with van der Waals surface area (Å²) in [6, 6.07) is 14.7. The third kappa shape index (κ3) is 1.75. The van der Waals surface area contributed by atoms with Gasteiger partial charge in [-0.3, -0.25) is 0 Å². The van der Waals surface area contributed by atoms with Crippen LogP contribution in [-0.4, -0.2) is 6.54 Å². The van der Waals surface area contributed by atoms with Crippen LogP contribution in [0.2, 0.25) is 0 Å². The Bertz CT molecular complexity index is 480. The van der Waals surface area contributed by atoms with E-state index in [1.165, 1.54) is 16.3 Å². The van der Waals surface area contributed by atoms with Gasteiger partial charge in [-0.15, -0.1) is 0 Å². The van der Waals surface area contributed by atoms with E-state index in [0.717, 1.165) is 6.42 Å². The number of fused-ring (bicyclic) bond motifs is 1. The summed E-state index contributed by atoms with van der Waals surface area (Å²) in [6.45, 7) is 7.32. The standard InChI is InChI=1S/C13H11N/c1-14-9-8-11-6-7-12-4-2-3-5-13(12)10-11/h2-7,10H,8-9H2. The van der Waals surface area contributed by atoms with Crippen LogP contribution in [0.4, 0.5) is 0 Å². The molecule has 0 N–H and O–H groups in total. The molecule has 1 nitrogen and oxygen atoms in total. The van der Waals surface area contributed by atoms with Gasteiger partial charge in [-0.1, -0.05) is 42.5 Å². The van der Waals surface area contributed by atoms with Crippen LogP contribution in [0.1, 0.15) is 5.56 Å². The van der Waals surface area contributed by atoms with Gasteiger partial charge < -0.3 is 4.85 Å². The fourth-order valence-electron chi connectivity index (χ4n) is 1.58. The first-order valence-corrected chi connectivity index (χ1v) is 4.71. The molecule has 0 saturated heterocycles. The minimum Gasteiger partial charge on any atom is -0.317 e. The summed E-state index contributed by atoms with van der Waals surface area (Å²) in [5.41, 5.74) is 1.25. The quantitative estimate of drug-likeness (QED) is 0.626. The predicted octanol–water partition coefficient (Wildman–Crippen LogP) is 3.30. The van der Waals surface area contributed by atoms with Crippen LogP contribution in [0.15, 0.2) is 42.5 Å². The maximum absolute atomic E-state index is 6.74. The van der Waals surface area contributed by atoms with Crippen molar-refractivity contribution in [2.45, 2.75) is 6.42 Å².